The van der Waals surface area contributed by atoms with Crippen LogP contribution in [0.5, 0.6) is 28.7 Å². The van der Waals surface area contributed by atoms with E-state index in [-0.39, 0.29) is 5.91 Å². The average Bonchev–Trinajstić information content (AvgIpc) is 3.13. The zero-order valence-electron chi connectivity index (χ0n) is 18.2. The third kappa shape index (κ3) is 4.74. The molecule has 1 amide bonds. The monoisotopic (exact) mass is 447 g/mol. The molecule has 0 atom stereocenters. The molecule has 3 aromatic rings. The van der Waals surface area contributed by atoms with Crippen LogP contribution in [0.25, 0.3) is 11.6 Å². The standard InChI is InChI=1S/C25H21NO7/c1-29-16-8-10-18(11-9-16)33-25(28)32-17-6-4-15(5-7-17)12-20-19-13-22(30-2)23(31-3)14-21(19)26-24(20)27/h4-14H,1-3H3,(H,26,27)/b20-12-. The van der Waals surface area contributed by atoms with Crippen molar-refractivity contribution in [2.75, 3.05) is 26.6 Å². The van der Waals surface area contributed by atoms with E-state index in [0.717, 1.165) is 5.56 Å². The van der Waals surface area contributed by atoms with Crippen molar-refractivity contribution in [3.8, 4) is 28.7 Å². The van der Waals surface area contributed by atoms with Gasteiger partial charge in [-0.05, 0) is 54.1 Å². The molecule has 1 aliphatic heterocycles. The molecule has 8 nitrogen and oxygen atoms in total. The normalized spacial score (nSPS) is 13.2. The summed E-state index contributed by atoms with van der Waals surface area (Å²) >= 11 is 0. The van der Waals surface area contributed by atoms with E-state index in [1.165, 1.54) is 14.2 Å². The van der Waals surface area contributed by atoms with Crippen molar-refractivity contribution in [3.63, 3.8) is 0 Å². The third-order valence-corrected chi connectivity index (χ3v) is 4.96. The highest BCUT2D eigenvalue weighted by Gasteiger charge is 2.26. The largest absolute Gasteiger partial charge is 0.519 e. The van der Waals surface area contributed by atoms with Crippen molar-refractivity contribution in [3.05, 3.63) is 71.8 Å². The lowest BCUT2D eigenvalue weighted by molar-refractivity contribution is -0.110. The van der Waals surface area contributed by atoms with Gasteiger partial charge >= 0.3 is 6.16 Å². The first-order valence-corrected chi connectivity index (χ1v) is 9.94. The number of amides is 1. The fraction of sp³-hybridized carbons (Fsp3) is 0.120. The Bertz CT molecular complexity index is 1210. The van der Waals surface area contributed by atoms with E-state index >= 15 is 0 Å². The Labute approximate surface area is 190 Å². The molecule has 0 aliphatic carbocycles. The van der Waals surface area contributed by atoms with Crippen LogP contribution < -0.4 is 29.0 Å². The molecule has 4 rings (SSSR count). The second-order valence-corrected chi connectivity index (χ2v) is 6.96. The number of carbonyl (C=O) groups excluding carboxylic acids is 2. The number of hydrogen-bond donors (Lipinski definition) is 1. The molecule has 0 fully saturated rings. The van der Waals surface area contributed by atoms with Gasteiger partial charge in [0.2, 0.25) is 0 Å². The van der Waals surface area contributed by atoms with Gasteiger partial charge in [-0.25, -0.2) is 4.79 Å². The Morgan fingerprint density at radius 3 is 1.88 bits per heavy atom. The number of carbonyl (C=O) groups is 2. The van der Waals surface area contributed by atoms with Crippen LogP contribution in [-0.2, 0) is 4.79 Å². The number of methoxy groups -OCH3 is 3. The van der Waals surface area contributed by atoms with Gasteiger partial charge in [0, 0.05) is 17.2 Å². The van der Waals surface area contributed by atoms with Gasteiger partial charge < -0.3 is 29.0 Å². The van der Waals surface area contributed by atoms with Gasteiger partial charge in [-0.15, -0.1) is 0 Å². The first-order valence-electron chi connectivity index (χ1n) is 9.94. The van der Waals surface area contributed by atoms with Crippen molar-refractivity contribution in [2.24, 2.45) is 0 Å². The van der Waals surface area contributed by atoms with Gasteiger partial charge in [0.1, 0.15) is 17.2 Å². The zero-order chi connectivity index (χ0) is 23.4. The molecular weight excluding hydrogens is 426 g/mol. The fourth-order valence-electron chi connectivity index (χ4n) is 3.32. The van der Waals surface area contributed by atoms with E-state index in [4.69, 9.17) is 23.7 Å². The van der Waals surface area contributed by atoms with Crippen LogP contribution in [0.15, 0.2) is 60.7 Å². The summed E-state index contributed by atoms with van der Waals surface area (Å²) in [5.41, 5.74) is 2.59. The van der Waals surface area contributed by atoms with Crippen LogP contribution in [0.1, 0.15) is 11.1 Å². The van der Waals surface area contributed by atoms with Crippen LogP contribution in [0.3, 0.4) is 0 Å². The Hall–Kier alpha value is -4.46. The maximum atomic E-state index is 12.5. The first-order chi connectivity index (χ1) is 16.0. The smallest absolute Gasteiger partial charge is 0.497 e. The summed E-state index contributed by atoms with van der Waals surface area (Å²) in [5.74, 6) is 2.11. The lowest BCUT2D eigenvalue weighted by atomic mass is 10.0. The summed E-state index contributed by atoms with van der Waals surface area (Å²) in [7, 11) is 4.63. The highest BCUT2D eigenvalue weighted by molar-refractivity contribution is 6.35. The number of benzene rings is 3. The van der Waals surface area contributed by atoms with Gasteiger partial charge in [0.05, 0.1) is 27.0 Å². The Morgan fingerprint density at radius 2 is 1.30 bits per heavy atom. The molecule has 1 N–H and O–H groups in total. The Balaban J connectivity index is 1.47. The molecule has 1 heterocycles. The van der Waals surface area contributed by atoms with Crippen molar-refractivity contribution in [2.45, 2.75) is 0 Å². The van der Waals surface area contributed by atoms with E-state index in [2.05, 4.69) is 5.32 Å². The Morgan fingerprint density at radius 1 is 0.758 bits per heavy atom. The number of rotatable bonds is 6. The van der Waals surface area contributed by atoms with E-state index in [1.807, 2.05) is 0 Å². The SMILES string of the molecule is COc1ccc(OC(=O)Oc2ccc(/C=C3\C(=O)Nc4cc(OC)c(OC)cc43)cc2)cc1. The summed E-state index contributed by atoms with van der Waals surface area (Å²) in [6.45, 7) is 0. The molecule has 8 heteroatoms. The molecule has 3 aromatic carbocycles. The van der Waals surface area contributed by atoms with E-state index in [0.29, 0.717) is 45.6 Å². The molecular formula is C25H21NO7. The van der Waals surface area contributed by atoms with E-state index in [9.17, 15) is 9.59 Å². The van der Waals surface area contributed by atoms with E-state index < -0.39 is 6.16 Å². The minimum Gasteiger partial charge on any atom is -0.497 e. The van der Waals surface area contributed by atoms with Crippen molar-refractivity contribution < 1.29 is 33.3 Å². The molecule has 0 saturated heterocycles. The molecule has 0 saturated carbocycles. The number of anilines is 1. The van der Waals surface area contributed by atoms with Crippen LogP contribution in [0.4, 0.5) is 10.5 Å². The van der Waals surface area contributed by atoms with Crippen molar-refractivity contribution in [1.29, 1.82) is 0 Å². The van der Waals surface area contributed by atoms with Crippen LogP contribution in [-0.4, -0.2) is 33.4 Å². The summed E-state index contributed by atoms with van der Waals surface area (Å²) in [6.07, 6.45) is 0.878. The topological polar surface area (TPSA) is 92.3 Å². The molecule has 0 spiro atoms. The maximum Gasteiger partial charge on any atom is 0.519 e. The van der Waals surface area contributed by atoms with Crippen molar-refractivity contribution >= 4 is 29.4 Å². The quantitative estimate of drug-likeness (QED) is 0.330. The molecule has 0 unspecified atom stereocenters. The minimum atomic E-state index is -0.864. The van der Waals surface area contributed by atoms with Crippen molar-refractivity contribution in [1.82, 2.24) is 0 Å². The molecule has 0 bridgehead atoms. The maximum absolute atomic E-state index is 12.5. The highest BCUT2D eigenvalue weighted by atomic mass is 16.7. The predicted molar refractivity (Wildman–Crippen MR) is 122 cm³/mol. The average molecular weight is 447 g/mol. The number of hydrogen-bond acceptors (Lipinski definition) is 7. The summed E-state index contributed by atoms with van der Waals surface area (Å²) in [5, 5.41) is 2.83. The lowest BCUT2D eigenvalue weighted by Crippen LogP contribution is -2.13. The molecule has 0 radical (unpaired) electrons. The second-order valence-electron chi connectivity index (χ2n) is 6.96. The van der Waals surface area contributed by atoms with E-state index in [1.54, 1.807) is 73.8 Å². The lowest BCUT2D eigenvalue weighted by Gasteiger charge is -2.09. The predicted octanol–water partition coefficient (Wildman–Crippen LogP) is 4.78. The minimum absolute atomic E-state index is 0.233. The van der Waals surface area contributed by atoms with Crippen LogP contribution >= 0.6 is 0 Å². The van der Waals surface area contributed by atoms with Gasteiger partial charge in [-0.1, -0.05) is 12.1 Å². The number of nitrogens with one attached hydrogen (secondary N) is 1. The van der Waals surface area contributed by atoms with Gasteiger partial charge in [-0.2, -0.15) is 0 Å². The highest BCUT2D eigenvalue weighted by Crippen LogP contribution is 2.41. The van der Waals surface area contributed by atoms with Gasteiger partial charge in [-0.3, -0.25) is 4.79 Å². The number of ether oxygens (including phenoxy) is 5. The number of fused-ring (bicyclic) bond motifs is 1. The van der Waals surface area contributed by atoms with Crippen LogP contribution in [0, 0.1) is 0 Å². The van der Waals surface area contributed by atoms with Gasteiger partial charge in [0.25, 0.3) is 5.91 Å². The molecule has 33 heavy (non-hydrogen) atoms. The summed E-state index contributed by atoms with van der Waals surface area (Å²) in [6, 6.07) is 16.7. The molecule has 0 aromatic heterocycles. The zero-order valence-corrected chi connectivity index (χ0v) is 18.2. The summed E-state index contributed by atoms with van der Waals surface area (Å²) < 4.78 is 26.1. The van der Waals surface area contributed by atoms with Gasteiger partial charge in [0.15, 0.2) is 11.5 Å². The fourth-order valence-corrected chi connectivity index (χ4v) is 3.32. The Kier molecular flexibility index (Phi) is 6.17. The third-order valence-electron chi connectivity index (χ3n) is 4.96. The summed E-state index contributed by atoms with van der Waals surface area (Å²) in [4.78, 5) is 24.5. The molecule has 1 aliphatic rings. The van der Waals surface area contributed by atoms with Crippen LogP contribution in [0.2, 0.25) is 0 Å². The second kappa shape index (κ2) is 9.35. The molecule has 168 valence electrons. The first kappa shape index (κ1) is 21.8.